The molecule has 0 aliphatic rings. The number of hydrogen-bond acceptors (Lipinski definition) is 2. The van der Waals surface area contributed by atoms with Gasteiger partial charge in [0, 0.05) is 25.9 Å². The highest BCUT2D eigenvalue weighted by molar-refractivity contribution is 5.88. The number of nitrogens with zero attached hydrogens (tertiary/aromatic N) is 2. The number of carbonyl (C=O) groups excluding carboxylic acids is 1. The summed E-state index contributed by atoms with van der Waals surface area (Å²) in [4.78, 5) is 11.9. The van der Waals surface area contributed by atoms with Gasteiger partial charge in [0.1, 0.15) is 0 Å². The first kappa shape index (κ1) is 16.0. The first-order valence-electron chi connectivity index (χ1n) is 7.60. The SMILES string of the molecule is CC(=CC(=O)NCCc1cnn(C)c1)CCc1ccccc1. The molecule has 0 radical (unpaired) electrons. The van der Waals surface area contributed by atoms with E-state index in [1.807, 2.05) is 44.6 Å². The Morgan fingerprint density at radius 3 is 2.68 bits per heavy atom. The topological polar surface area (TPSA) is 46.9 Å². The van der Waals surface area contributed by atoms with Gasteiger partial charge in [0.25, 0.3) is 0 Å². The molecule has 4 nitrogen and oxygen atoms in total. The third kappa shape index (κ3) is 5.56. The predicted molar refractivity (Wildman–Crippen MR) is 88.4 cm³/mol. The molecule has 2 aromatic rings. The summed E-state index contributed by atoms with van der Waals surface area (Å²) in [6.07, 6.45) is 8.16. The predicted octanol–water partition coefficient (Wildman–Crippen LogP) is 2.66. The number of nitrogens with one attached hydrogen (secondary N) is 1. The van der Waals surface area contributed by atoms with E-state index in [1.54, 1.807) is 10.8 Å². The van der Waals surface area contributed by atoms with Crippen molar-refractivity contribution in [3.8, 4) is 0 Å². The molecule has 1 amide bonds. The van der Waals surface area contributed by atoms with Crippen LogP contribution in [0.25, 0.3) is 0 Å². The molecule has 0 bridgehead atoms. The zero-order valence-corrected chi connectivity index (χ0v) is 13.2. The third-order valence-corrected chi connectivity index (χ3v) is 3.50. The molecule has 2 rings (SSSR count). The third-order valence-electron chi connectivity index (χ3n) is 3.50. The molecule has 1 aromatic carbocycles. The molecule has 0 saturated heterocycles. The smallest absolute Gasteiger partial charge is 0.243 e. The largest absolute Gasteiger partial charge is 0.352 e. The fourth-order valence-corrected chi connectivity index (χ4v) is 2.26. The van der Waals surface area contributed by atoms with Crippen molar-refractivity contribution in [2.24, 2.45) is 7.05 Å². The molecular formula is C18H23N3O. The van der Waals surface area contributed by atoms with Crippen LogP contribution in [0.5, 0.6) is 0 Å². The molecule has 1 aromatic heterocycles. The zero-order chi connectivity index (χ0) is 15.8. The molecule has 1 heterocycles. The molecule has 0 fully saturated rings. The minimum Gasteiger partial charge on any atom is -0.352 e. The van der Waals surface area contributed by atoms with E-state index in [9.17, 15) is 4.79 Å². The quantitative estimate of drug-likeness (QED) is 0.799. The van der Waals surface area contributed by atoms with Gasteiger partial charge in [0.15, 0.2) is 0 Å². The van der Waals surface area contributed by atoms with E-state index in [1.165, 1.54) is 5.56 Å². The fourth-order valence-electron chi connectivity index (χ4n) is 2.26. The number of aromatic nitrogens is 2. The van der Waals surface area contributed by atoms with Gasteiger partial charge in [-0.05, 0) is 37.3 Å². The summed E-state index contributed by atoms with van der Waals surface area (Å²) in [5.41, 5.74) is 3.53. The lowest BCUT2D eigenvalue weighted by Gasteiger charge is -2.04. The summed E-state index contributed by atoms with van der Waals surface area (Å²) in [6, 6.07) is 10.3. The van der Waals surface area contributed by atoms with E-state index in [2.05, 4.69) is 22.5 Å². The van der Waals surface area contributed by atoms with E-state index in [0.717, 1.165) is 30.4 Å². The van der Waals surface area contributed by atoms with E-state index < -0.39 is 0 Å². The number of carbonyl (C=O) groups is 1. The fraction of sp³-hybridized carbons (Fsp3) is 0.333. The summed E-state index contributed by atoms with van der Waals surface area (Å²) >= 11 is 0. The molecule has 0 unspecified atom stereocenters. The van der Waals surface area contributed by atoms with Crippen molar-refractivity contribution in [3.63, 3.8) is 0 Å². The number of benzene rings is 1. The van der Waals surface area contributed by atoms with Gasteiger partial charge in [-0.1, -0.05) is 35.9 Å². The van der Waals surface area contributed by atoms with Crippen LogP contribution in [0.15, 0.2) is 54.4 Å². The molecule has 0 saturated carbocycles. The Morgan fingerprint density at radius 1 is 1.23 bits per heavy atom. The first-order valence-corrected chi connectivity index (χ1v) is 7.60. The summed E-state index contributed by atoms with van der Waals surface area (Å²) in [6.45, 7) is 2.64. The van der Waals surface area contributed by atoms with Crippen molar-refractivity contribution < 1.29 is 4.79 Å². The van der Waals surface area contributed by atoms with Crippen LogP contribution in [-0.2, 0) is 24.7 Å². The highest BCUT2D eigenvalue weighted by atomic mass is 16.1. The molecule has 116 valence electrons. The van der Waals surface area contributed by atoms with Crippen LogP contribution in [0.4, 0.5) is 0 Å². The van der Waals surface area contributed by atoms with Gasteiger partial charge in [0.05, 0.1) is 6.20 Å². The van der Waals surface area contributed by atoms with Gasteiger partial charge >= 0.3 is 0 Å². The van der Waals surface area contributed by atoms with Crippen molar-refractivity contribution in [3.05, 3.63) is 65.5 Å². The van der Waals surface area contributed by atoms with E-state index >= 15 is 0 Å². The van der Waals surface area contributed by atoms with Gasteiger partial charge in [-0.3, -0.25) is 9.48 Å². The normalized spacial score (nSPS) is 11.5. The van der Waals surface area contributed by atoms with Gasteiger partial charge in [-0.2, -0.15) is 5.10 Å². The molecule has 1 N–H and O–H groups in total. The van der Waals surface area contributed by atoms with Gasteiger partial charge in [-0.15, -0.1) is 0 Å². The molecule has 0 spiro atoms. The van der Waals surface area contributed by atoms with Gasteiger partial charge in [0.2, 0.25) is 5.91 Å². The summed E-state index contributed by atoms with van der Waals surface area (Å²) in [7, 11) is 1.89. The van der Waals surface area contributed by atoms with Crippen LogP contribution in [-0.4, -0.2) is 22.2 Å². The second kappa shape index (κ2) is 8.17. The Hall–Kier alpha value is -2.36. The lowest BCUT2D eigenvalue weighted by Crippen LogP contribution is -2.23. The molecule has 0 atom stereocenters. The number of hydrogen-bond donors (Lipinski definition) is 1. The number of amides is 1. The standard InChI is InChI=1S/C18H23N3O/c1-15(8-9-16-6-4-3-5-7-16)12-18(22)19-11-10-17-13-20-21(2)14-17/h3-7,12-14H,8-11H2,1-2H3,(H,19,22). The lowest BCUT2D eigenvalue weighted by molar-refractivity contribution is -0.116. The molecular weight excluding hydrogens is 274 g/mol. The number of allylic oxidation sites excluding steroid dienone is 1. The average Bonchev–Trinajstić information content (AvgIpc) is 2.92. The van der Waals surface area contributed by atoms with Crippen LogP contribution >= 0.6 is 0 Å². The van der Waals surface area contributed by atoms with E-state index in [4.69, 9.17) is 0 Å². The van der Waals surface area contributed by atoms with E-state index in [0.29, 0.717) is 6.54 Å². The van der Waals surface area contributed by atoms with Crippen LogP contribution in [0.2, 0.25) is 0 Å². The number of rotatable bonds is 7. The van der Waals surface area contributed by atoms with E-state index in [-0.39, 0.29) is 5.91 Å². The van der Waals surface area contributed by atoms with Crippen LogP contribution < -0.4 is 5.32 Å². The van der Waals surface area contributed by atoms with Gasteiger partial charge in [-0.25, -0.2) is 0 Å². The second-order valence-electron chi connectivity index (χ2n) is 5.54. The monoisotopic (exact) mass is 297 g/mol. The Bertz CT molecular complexity index is 629. The Balaban J connectivity index is 1.70. The Labute approximate surface area is 131 Å². The van der Waals surface area contributed by atoms with Crippen LogP contribution in [0.3, 0.4) is 0 Å². The minimum absolute atomic E-state index is 0.0190. The van der Waals surface area contributed by atoms with Crippen molar-refractivity contribution in [1.82, 2.24) is 15.1 Å². The molecule has 0 aliphatic carbocycles. The molecule has 0 aliphatic heterocycles. The Morgan fingerprint density at radius 2 is 2.00 bits per heavy atom. The maximum Gasteiger partial charge on any atom is 0.243 e. The zero-order valence-electron chi connectivity index (χ0n) is 13.2. The second-order valence-corrected chi connectivity index (χ2v) is 5.54. The maximum atomic E-state index is 11.9. The van der Waals surface area contributed by atoms with Crippen molar-refractivity contribution in [2.75, 3.05) is 6.54 Å². The highest BCUT2D eigenvalue weighted by Gasteiger charge is 2.01. The summed E-state index contributed by atoms with van der Waals surface area (Å²) in [5.74, 6) is -0.0190. The average molecular weight is 297 g/mol. The number of aryl methyl sites for hydroxylation is 2. The maximum absolute atomic E-state index is 11.9. The Kier molecular flexibility index (Phi) is 5.95. The first-order chi connectivity index (χ1) is 10.6. The highest BCUT2D eigenvalue weighted by Crippen LogP contribution is 2.08. The van der Waals surface area contributed by atoms with Gasteiger partial charge < -0.3 is 5.32 Å². The van der Waals surface area contributed by atoms with Crippen molar-refractivity contribution in [1.29, 1.82) is 0 Å². The lowest BCUT2D eigenvalue weighted by atomic mass is 10.1. The minimum atomic E-state index is -0.0190. The summed E-state index contributed by atoms with van der Waals surface area (Å²) in [5, 5.41) is 7.03. The molecule has 4 heteroatoms. The van der Waals surface area contributed by atoms with Crippen LogP contribution in [0.1, 0.15) is 24.5 Å². The van der Waals surface area contributed by atoms with Crippen LogP contribution in [0, 0.1) is 0 Å². The van der Waals surface area contributed by atoms with Crippen molar-refractivity contribution in [2.45, 2.75) is 26.2 Å². The van der Waals surface area contributed by atoms with Crippen molar-refractivity contribution >= 4 is 5.91 Å². The summed E-state index contributed by atoms with van der Waals surface area (Å²) < 4.78 is 1.77. The molecule has 22 heavy (non-hydrogen) atoms.